The fraction of sp³-hybridized carbons (Fsp3) is 0.467. The van der Waals surface area contributed by atoms with E-state index in [4.69, 9.17) is 32.9 Å². The summed E-state index contributed by atoms with van der Waals surface area (Å²) < 4.78 is 38.2. The fourth-order valence-electron chi connectivity index (χ4n) is 7.70. The Balaban J connectivity index is 1.27. The molecule has 2 atom stereocenters. The molecule has 4 aliphatic rings. The minimum absolute atomic E-state index is 0.00281. The van der Waals surface area contributed by atoms with Crippen LogP contribution in [0.15, 0.2) is 24.4 Å². The molecule has 0 unspecified atom stereocenters. The van der Waals surface area contributed by atoms with E-state index in [-0.39, 0.29) is 38.1 Å². The number of H-pyrrole nitrogens is 1. The molecule has 0 amide bonds. The maximum atomic E-state index is 16.7. The molecule has 7 nitrogen and oxygen atoms in total. The number of rotatable bonds is 5. The van der Waals surface area contributed by atoms with Crippen molar-refractivity contribution in [2.75, 3.05) is 37.7 Å². The summed E-state index contributed by atoms with van der Waals surface area (Å²) in [6, 6.07) is 5.70. The van der Waals surface area contributed by atoms with Crippen molar-refractivity contribution < 1.29 is 13.5 Å². The number of benzene rings is 2. The summed E-state index contributed by atoms with van der Waals surface area (Å²) in [5.74, 6) is -0.645. The summed E-state index contributed by atoms with van der Waals surface area (Å²) in [6.45, 7) is 4.15. The predicted molar refractivity (Wildman–Crippen MR) is 157 cm³/mol. The minimum atomic E-state index is -0.638. The van der Waals surface area contributed by atoms with Gasteiger partial charge in [-0.15, -0.1) is 0 Å². The molecule has 2 bridgehead atoms. The van der Waals surface area contributed by atoms with Crippen LogP contribution in [0.3, 0.4) is 0 Å². The SMILES string of the molecule is Fc1c(-c2c[nH]c3ccc(Cl)c(F)c23)c(Cl)cc2c(N3C[C@H]4CC[C@@H](C3)N4)nc(OCC34CCCN3CCC4)nc12. The zero-order chi connectivity index (χ0) is 27.9. The molecule has 4 saturated heterocycles. The van der Waals surface area contributed by atoms with Crippen LogP contribution in [-0.4, -0.2) is 70.3 Å². The Hall–Kier alpha value is -2.72. The Kier molecular flexibility index (Phi) is 6.11. The van der Waals surface area contributed by atoms with Crippen molar-refractivity contribution >= 4 is 50.8 Å². The second-order valence-corrected chi connectivity index (χ2v) is 12.8. The van der Waals surface area contributed by atoms with Crippen LogP contribution in [-0.2, 0) is 0 Å². The first-order valence-electron chi connectivity index (χ1n) is 14.4. The van der Waals surface area contributed by atoms with E-state index in [0.29, 0.717) is 41.0 Å². The quantitative estimate of drug-likeness (QED) is 0.280. The molecular formula is C30H30Cl2F2N6O. The topological polar surface area (TPSA) is 69.3 Å². The first-order chi connectivity index (χ1) is 19.9. The summed E-state index contributed by atoms with van der Waals surface area (Å²) in [7, 11) is 0. The predicted octanol–water partition coefficient (Wildman–Crippen LogP) is 6.31. The van der Waals surface area contributed by atoms with Gasteiger partial charge in [0.15, 0.2) is 11.6 Å². The number of aromatic amines is 1. The lowest BCUT2D eigenvalue weighted by Crippen LogP contribution is -2.51. The third-order valence-electron chi connectivity index (χ3n) is 9.64. The van der Waals surface area contributed by atoms with Crippen LogP contribution in [0.2, 0.25) is 10.0 Å². The van der Waals surface area contributed by atoms with Crippen molar-refractivity contribution in [3.05, 3.63) is 46.1 Å². The zero-order valence-corrected chi connectivity index (χ0v) is 24.0. The van der Waals surface area contributed by atoms with E-state index in [9.17, 15) is 0 Å². The van der Waals surface area contributed by atoms with Gasteiger partial charge in [0.2, 0.25) is 0 Å². The molecule has 11 heteroatoms. The highest BCUT2D eigenvalue weighted by atomic mass is 35.5. The molecule has 4 aliphatic heterocycles. The highest BCUT2D eigenvalue weighted by Crippen LogP contribution is 2.44. The lowest BCUT2D eigenvalue weighted by molar-refractivity contribution is 0.108. The van der Waals surface area contributed by atoms with Gasteiger partial charge in [-0.05, 0) is 69.8 Å². The van der Waals surface area contributed by atoms with Crippen molar-refractivity contribution in [1.29, 1.82) is 0 Å². The monoisotopic (exact) mass is 598 g/mol. The third-order valence-corrected chi connectivity index (χ3v) is 10.2. The van der Waals surface area contributed by atoms with Gasteiger partial charge in [-0.3, -0.25) is 4.90 Å². The number of piperazine rings is 1. The van der Waals surface area contributed by atoms with Crippen LogP contribution in [0.25, 0.3) is 32.9 Å². The molecule has 0 spiro atoms. The van der Waals surface area contributed by atoms with Gasteiger partial charge < -0.3 is 19.9 Å². The molecule has 6 heterocycles. The molecule has 41 heavy (non-hydrogen) atoms. The Bertz CT molecular complexity index is 1670. The molecule has 214 valence electrons. The van der Waals surface area contributed by atoms with E-state index in [1.54, 1.807) is 18.3 Å². The Morgan fingerprint density at radius 3 is 2.51 bits per heavy atom. The lowest BCUT2D eigenvalue weighted by atomic mass is 9.95. The van der Waals surface area contributed by atoms with Crippen LogP contribution < -0.4 is 15.0 Å². The van der Waals surface area contributed by atoms with Crippen LogP contribution >= 0.6 is 23.2 Å². The van der Waals surface area contributed by atoms with Crippen molar-refractivity contribution in [3.63, 3.8) is 0 Å². The van der Waals surface area contributed by atoms with E-state index in [1.807, 2.05) is 0 Å². The average Bonchev–Trinajstić information content (AvgIpc) is 3.73. The van der Waals surface area contributed by atoms with E-state index >= 15 is 8.78 Å². The van der Waals surface area contributed by atoms with Crippen LogP contribution in [0.1, 0.15) is 38.5 Å². The first kappa shape index (κ1) is 25.9. The van der Waals surface area contributed by atoms with Gasteiger partial charge in [-0.1, -0.05) is 23.2 Å². The van der Waals surface area contributed by atoms with E-state index in [0.717, 1.165) is 64.7 Å². The van der Waals surface area contributed by atoms with Gasteiger partial charge in [-0.2, -0.15) is 9.97 Å². The zero-order valence-electron chi connectivity index (χ0n) is 22.5. The van der Waals surface area contributed by atoms with Crippen molar-refractivity contribution in [2.45, 2.75) is 56.1 Å². The summed E-state index contributed by atoms with van der Waals surface area (Å²) in [5.41, 5.74) is 0.965. The second kappa shape index (κ2) is 9.66. The summed E-state index contributed by atoms with van der Waals surface area (Å²) in [6.07, 6.45) is 8.22. The molecule has 0 saturated carbocycles. The molecule has 4 aromatic rings. The number of nitrogens with zero attached hydrogens (tertiary/aromatic N) is 4. The van der Waals surface area contributed by atoms with Gasteiger partial charge in [0.05, 0.1) is 15.6 Å². The van der Waals surface area contributed by atoms with Crippen LogP contribution in [0.4, 0.5) is 14.6 Å². The fourth-order valence-corrected chi connectivity index (χ4v) is 8.15. The van der Waals surface area contributed by atoms with Crippen molar-refractivity contribution in [2.24, 2.45) is 0 Å². The van der Waals surface area contributed by atoms with Crippen molar-refractivity contribution in [3.8, 4) is 17.1 Å². The Morgan fingerprint density at radius 2 is 1.76 bits per heavy atom. The number of halogens is 4. The number of hydrogen-bond donors (Lipinski definition) is 2. The number of fused-ring (bicyclic) bond motifs is 5. The number of hydrogen-bond acceptors (Lipinski definition) is 6. The highest BCUT2D eigenvalue weighted by molar-refractivity contribution is 6.35. The molecule has 4 fully saturated rings. The van der Waals surface area contributed by atoms with Crippen LogP contribution in [0.5, 0.6) is 6.01 Å². The maximum Gasteiger partial charge on any atom is 0.319 e. The smallest absolute Gasteiger partial charge is 0.319 e. The third kappa shape index (κ3) is 4.11. The number of aromatic nitrogens is 3. The van der Waals surface area contributed by atoms with Crippen LogP contribution in [0, 0.1) is 11.6 Å². The Labute approximate surface area is 246 Å². The van der Waals surface area contributed by atoms with Gasteiger partial charge in [0, 0.05) is 58.8 Å². The van der Waals surface area contributed by atoms with E-state index < -0.39 is 11.6 Å². The normalized spacial score (nSPS) is 23.7. The maximum absolute atomic E-state index is 16.7. The average molecular weight is 600 g/mol. The van der Waals surface area contributed by atoms with E-state index in [1.165, 1.54) is 6.07 Å². The molecule has 0 aliphatic carbocycles. The number of ether oxygens (including phenoxy) is 1. The molecule has 0 radical (unpaired) electrons. The number of nitrogens with one attached hydrogen (secondary N) is 2. The molecule has 2 N–H and O–H groups in total. The molecule has 2 aromatic heterocycles. The van der Waals surface area contributed by atoms with E-state index in [2.05, 4.69) is 25.1 Å². The Morgan fingerprint density at radius 1 is 1.00 bits per heavy atom. The lowest BCUT2D eigenvalue weighted by Gasteiger charge is -2.35. The standard InChI is InChI=1S/C30H30Cl2F2N6O/c31-20-5-6-22-24(25(20)33)19(12-35-22)23-21(32)11-18-27(26(23)34)37-29(41-15-30-7-1-9-40(30)10-2-8-30)38-28(18)39-13-16-3-4-17(14-39)36-16/h5-6,11-12,16-17,35-36H,1-4,7-10,13-15H2/t16-,17+. The number of anilines is 1. The summed E-state index contributed by atoms with van der Waals surface area (Å²) in [5, 5.41) is 4.45. The summed E-state index contributed by atoms with van der Waals surface area (Å²) in [4.78, 5) is 17.2. The van der Waals surface area contributed by atoms with Gasteiger partial charge in [0.1, 0.15) is 17.9 Å². The first-order valence-corrected chi connectivity index (χ1v) is 15.2. The van der Waals surface area contributed by atoms with Crippen molar-refractivity contribution in [1.82, 2.24) is 25.2 Å². The summed E-state index contributed by atoms with van der Waals surface area (Å²) >= 11 is 12.9. The van der Waals surface area contributed by atoms with Gasteiger partial charge in [-0.25, -0.2) is 8.78 Å². The van der Waals surface area contributed by atoms with Gasteiger partial charge >= 0.3 is 6.01 Å². The molecule has 8 rings (SSSR count). The second-order valence-electron chi connectivity index (χ2n) is 12.0. The van der Waals surface area contributed by atoms with Gasteiger partial charge in [0.25, 0.3) is 0 Å². The largest absolute Gasteiger partial charge is 0.461 e. The highest BCUT2D eigenvalue weighted by Gasteiger charge is 2.45. The minimum Gasteiger partial charge on any atom is -0.461 e. The molecule has 2 aromatic carbocycles. The molecular weight excluding hydrogens is 569 g/mol.